The number of rotatable bonds is 4. The standard InChI is InChI=1S/C12H21N3S/c1-9(2)13-6-11-7-14-12(16-11)15-5-4-10(3)8-15/h7,9-10,13H,4-6,8H2,1-3H3. The van der Waals surface area contributed by atoms with E-state index >= 15 is 0 Å². The highest BCUT2D eigenvalue weighted by atomic mass is 32.1. The number of nitrogens with one attached hydrogen (secondary N) is 1. The van der Waals surface area contributed by atoms with E-state index < -0.39 is 0 Å². The first-order chi connectivity index (χ1) is 7.65. The van der Waals surface area contributed by atoms with Crippen molar-refractivity contribution in [2.24, 2.45) is 5.92 Å². The Kier molecular flexibility index (Phi) is 3.82. The minimum absolute atomic E-state index is 0.539. The molecule has 0 bridgehead atoms. The fraction of sp³-hybridized carbons (Fsp3) is 0.750. The van der Waals surface area contributed by atoms with E-state index in [2.05, 4.69) is 36.0 Å². The second-order valence-electron chi connectivity index (χ2n) is 4.98. The van der Waals surface area contributed by atoms with Crippen LogP contribution in [0.1, 0.15) is 32.1 Å². The topological polar surface area (TPSA) is 28.2 Å². The van der Waals surface area contributed by atoms with E-state index in [0.717, 1.165) is 12.5 Å². The molecule has 1 unspecified atom stereocenters. The smallest absolute Gasteiger partial charge is 0.185 e. The molecule has 0 saturated carbocycles. The highest BCUT2D eigenvalue weighted by Crippen LogP contribution is 2.27. The van der Waals surface area contributed by atoms with E-state index in [4.69, 9.17) is 0 Å². The summed E-state index contributed by atoms with van der Waals surface area (Å²) >= 11 is 1.83. The fourth-order valence-corrected chi connectivity index (χ4v) is 2.83. The largest absolute Gasteiger partial charge is 0.348 e. The first-order valence-electron chi connectivity index (χ1n) is 6.08. The molecule has 0 aromatic carbocycles. The van der Waals surface area contributed by atoms with E-state index in [9.17, 15) is 0 Å². The molecule has 1 aromatic rings. The quantitative estimate of drug-likeness (QED) is 0.875. The Labute approximate surface area is 102 Å². The van der Waals surface area contributed by atoms with E-state index in [1.807, 2.05) is 17.5 Å². The third kappa shape index (κ3) is 2.95. The molecule has 1 aromatic heterocycles. The Morgan fingerprint density at radius 3 is 3.06 bits per heavy atom. The molecule has 1 aliphatic heterocycles. The predicted molar refractivity (Wildman–Crippen MR) is 70.1 cm³/mol. The molecule has 1 aliphatic rings. The zero-order valence-electron chi connectivity index (χ0n) is 10.4. The van der Waals surface area contributed by atoms with E-state index in [0.29, 0.717) is 6.04 Å². The van der Waals surface area contributed by atoms with Crippen molar-refractivity contribution in [1.82, 2.24) is 10.3 Å². The lowest BCUT2D eigenvalue weighted by Crippen LogP contribution is -2.21. The summed E-state index contributed by atoms with van der Waals surface area (Å²) in [7, 11) is 0. The van der Waals surface area contributed by atoms with Crippen LogP contribution in [0.2, 0.25) is 0 Å². The number of hydrogen-bond donors (Lipinski definition) is 1. The molecule has 0 radical (unpaired) electrons. The van der Waals surface area contributed by atoms with Gasteiger partial charge in [0.2, 0.25) is 0 Å². The first kappa shape index (κ1) is 11.9. The number of thiazole rings is 1. The Morgan fingerprint density at radius 2 is 2.44 bits per heavy atom. The monoisotopic (exact) mass is 239 g/mol. The van der Waals surface area contributed by atoms with Crippen LogP contribution in [0, 0.1) is 5.92 Å². The molecule has 3 nitrogen and oxygen atoms in total. The molecule has 2 rings (SSSR count). The second kappa shape index (κ2) is 5.15. The summed E-state index contributed by atoms with van der Waals surface area (Å²) in [6.45, 7) is 9.94. The summed E-state index contributed by atoms with van der Waals surface area (Å²) in [6.07, 6.45) is 3.32. The van der Waals surface area contributed by atoms with E-state index in [-0.39, 0.29) is 0 Å². The average molecular weight is 239 g/mol. The van der Waals surface area contributed by atoms with Crippen molar-refractivity contribution in [3.8, 4) is 0 Å². The van der Waals surface area contributed by atoms with Gasteiger partial charge in [0, 0.05) is 36.8 Å². The van der Waals surface area contributed by atoms with Gasteiger partial charge in [-0.1, -0.05) is 20.8 Å². The van der Waals surface area contributed by atoms with Crippen LogP contribution < -0.4 is 10.2 Å². The third-order valence-corrected chi connectivity index (χ3v) is 3.98. The van der Waals surface area contributed by atoms with Gasteiger partial charge in [0.25, 0.3) is 0 Å². The SMILES string of the molecule is CC1CCN(c2ncc(CNC(C)C)s2)C1. The predicted octanol–water partition coefficient (Wildman–Crippen LogP) is 2.49. The maximum Gasteiger partial charge on any atom is 0.185 e. The highest BCUT2D eigenvalue weighted by Gasteiger charge is 2.21. The summed E-state index contributed by atoms with van der Waals surface area (Å²) in [4.78, 5) is 8.26. The number of nitrogens with zero attached hydrogens (tertiary/aromatic N) is 2. The third-order valence-electron chi connectivity index (χ3n) is 2.92. The Morgan fingerprint density at radius 1 is 1.62 bits per heavy atom. The van der Waals surface area contributed by atoms with Gasteiger partial charge in [-0.05, 0) is 12.3 Å². The zero-order chi connectivity index (χ0) is 11.5. The highest BCUT2D eigenvalue weighted by molar-refractivity contribution is 7.15. The van der Waals surface area contributed by atoms with Crippen LogP contribution in [0.5, 0.6) is 0 Å². The summed E-state index contributed by atoms with van der Waals surface area (Å²) in [5, 5.41) is 4.63. The van der Waals surface area contributed by atoms with Crippen LogP contribution in [0.15, 0.2) is 6.20 Å². The molecular formula is C12H21N3S. The lowest BCUT2D eigenvalue weighted by molar-refractivity contribution is 0.593. The van der Waals surface area contributed by atoms with Crippen LogP contribution >= 0.6 is 11.3 Å². The van der Waals surface area contributed by atoms with Gasteiger partial charge in [0.1, 0.15) is 0 Å². The van der Waals surface area contributed by atoms with Crippen molar-refractivity contribution >= 4 is 16.5 Å². The molecule has 0 amide bonds. The Balaban J connectivity index is 1.91. The van der Waals surface area contributed by atoms with Crippen molar-refractivity contribution in [2.45, 2.75) is 39.8 Å². The Hall–Kier alpha value is -0.610. The molecular weight excluding hydrogens is 218 g/mol. The summed E-state index contributed by atoms with van der Waals surface area (Å²) in [5.74, 6) is 0.820. The molecule has 1 atom stereocenters. The van der Waals surface area contributed by atoms with Crippen LogP contribution in [0.25, 0.3) is 0 Å². The molecule has 1 N–H and O–H groups in total. The minimum Gasteiger partial charge on any atom is -0.348 e. The van der Waals surface area contributed by atoms with Crippen molar-refractivity contribution in [1.29, 1.82) is 0 Å². The molecule has 16 heavy (non-hydrogen) atoms. The van der Waals surface area contributed by atoms with Crippen molar-refractivity contribution in [3.05, 3.63) is 11.1 Å². The molecule has 1 fully saturated rings. The Bertz CT molecular complexity index is 335. The van der Waals surface area contributed by atoms with Gasteiger partial charge in [0.15, 0.2) is 5.13 Å². The van der Waals surface area contributed by atoms with Gasteiger partial charge in [-0.2, -0.15) is 0 Å². The minimum atomic E-state index is 0.539. The normalized spacial score (nSPS) is 21.0. The van der Waals surface area contributed by atoms with Gasteiger partial charge >= 0.3 is 0 Å². The lowest BCUT2D eigenvalue weighted by Gasteiger charge is -2.13. The maximum atomic E-state index is 4.52. The van der Waals surface area contributed by atoms with Gasteiger partial charge < -0.3 is 10.2 Å². The van der Waals surface area contributed by atoms with Crippen LogP contribution in [-0.4, -0.2) is 24.1 Å². The van der Waals surface area contributed by atoms with Gasteiger partial charge in [-0.25, -0.2) is 4.98 Å². The van der Waals surface area contributed by atoms with Crippen LogP contribution in [0.3, 0.4) is 0 Å². The zero-order valence-corrected chi connectivity index (χ0v) is 11.2. The molecule has 0 aliphatic carbocycles. The van der Waals surface area contributed by atoms with E-state index in [1.54, 1.807) is 0 Å². The van der Waals surface area contributed by atoms with Crippen molar-refractivity contribution in [3.63, 3.8) is 0 Å². The molecule has 90 valence electrons. The number of hydrogen-bond acceptors (Lipinski definition) is 4. The molecule has 0 spiro atoms. The van der Waals surface area contributed by atoms with Crippen molar-refractivity contribution in [2.75, 3.05) is 18.0 Å². The van der Waals surface area contributed by atoms with E-state index in [1.165, 1.54) is 29.5 Å². The average Bonchev–Trinajstić information content (AvgIpc) is 2.83. The fourth-order valence-electron chi connectivity index (χ4n) is 1.94. The molecule has 2 heterocycles. The summed E-state index contributed by atoms with van der Waals surface area (Å²) in [5.41, 5.74) is 0. The van der Waals surface area contributed by atoms with Crippen LogP contribution in [0.4, 0.5) is 5.13 Å². The molecule has 4 heteroatoms. The van der Waals surface area contributed by atoms with Crippen LogP contribution in [-0.2, 0) is 6.54 Å². The van der Waals surface area contributed by atoms with Gasteiger partial charge in [-0.15, -0.1) is 11.3 Å². The lowest BCUT2D eigenvalue weighted by atomic mass is 10.2. The second-order valence-corrected chi connectivity index (χ2v) is 6.08. The summed E-state index contributed by atoms with van der Waals surface area (Å²) in [6, 6.07) is 0.539. The molecule has 1 saturated heterocycles. The van der Waals surface area contributed by atoms with Gasteiger partial charge in [0.05, 0.1) is 0 Å². The maximum absolute atomic E-state index is 4.52. The summed E-state index contributed by atoms with van der Waals surface area (Å²) < 4.78 is 0. The van der Waals surface area contributed by atoms with Gasteiger partial charge in [-0.3, -0.25) is 0 Å². The first-order valence-corrected chi connectivity index (χ1v) is 6.90. The number of anilines is 1. The number of aromatic nitrogens is 1. The van der Waals surface area contributed by atoms with Crippen molar-refractivity contribution < 1.29 is 0 Å².